The van der Waals surface area contributed by atoms with Crippen molar-refractivity contribution in [2.24, 2.45) is 5.28 Å². The van der Waals surface area contributed by atoms with Crippen LogP contribution in [0.25, 0.3) is 0 Å². The Morgan fingerprint density at radius 1 is 0.950 bits per heavy atom. The van der Waals surface area contributed by atoms with E-state index in [0.29, 0.717) is 18.1 Å². The molecule has 0 aliphatic rings. The molecule has 0 saturated carbocycles. The first-order chi connectivity index (χ1) is 9.76. The summed E-state index contributed by atoms with van der Waals surface area (Å²) in [6, 6.07) is 0. The fourth-order valence-corrected chi connectivity index (χ4v) is 2.00. The molecule has 20 heavy (non-hydrogen) atoms. The summed E-state index contributed by atoms with van der Waals surface area (Å²) < 4.78 is 0. The van der Waals surface area contributed by atoms with Crippen LogP contribution in [0, 0.1) is 5.21 Å². The minimum Gasteiger partial charge on any atom is -0.569 e. The Hall–Kier alpha value is -1.04. The van der Waals surface area contributed by atoms with Crippen molar-refractivity contribution >= 4 is 0 Å². The average molecular weight is 288 g/mol. The number of hydrogen-bond acceptors (Lipinski definition) is 3. The van der Waals surface area contributed by atoms with Crippen LogP contribution in [0.5, 0.6) is 0 Å². The number of hydrogen-bond donors (Lipinski definition) is 2. The molecule has 0 aliphatic heterocycles. The Morgan fingerprint density at radius 3 is 2.20 bits per heavy atom. The van der Waals surface area contributed by atoms with Gasteiger partial charge in [-0.2, -0.15) is 0 Å². The average Bonchev–Trinajstić information content (AvgIpc) is 2.47. The monoisotopic (exact) mass is 288 g/mol. The van der Waals surface area contributed by atoms with E-state index in [0.717, 1.165) is 38.8 Å². The Labute approximate surface area is 123 Å². The number of unbranched alkanes of at least 4 members (excludes halogenated alkanes) is 5. The van der Waals surface area contributed by atoms with Crippen LogP contribution in [-0.2, 0) is 0 Å². The van der Waals surface area contributed by atoms with Gasteiger partial charge in [0.15, 0.2) is 0 Å². The number of hydrazine groups is 1. The van der Waals surface area contributed by atoms with Gasteiger partial charge in [-0.1, -0.05) is 39.5 Å². The van der Waals surface area contributed by atoms with Crippen molar-refractivity contribution in [2.45, 2.75) is 65.2 Å². The van der Waals surface area contributed by atoms with Crippen molar-refractivity contribution in [3.63, 3.8) is 0 Å². The molecule has 0 amide bonds. The van der Waals surface area contributed by atoms with Gasteiger partial charge in [0.25, 0.3) is 0 Å². The molecule has 0 bridgehead atoms. The van der Waals surface area contributed by atoms with Gasteiger partial charge < -0.3 is 15.7 Å². The molecule has 2 N–H and O–H groups in total. The summed E-state index contributed by atoms with van der Waals surface area (Å²) in [5, 5.41) is 27.5. The Bertz CT molecular complexity index is 237. The van der Waals surface area contributed by atoms with Crippen LogP contribution < -0.4 is 5.32 Å². The van der Waals surface area contributed by atoms with Gasteiger partial charge in [0, 0.05) is 0 Å². The smallest absolute Gasteiger partial charge is 0.230 e. The van der Waals surface area contributed by atoms with Crippen LogP contribution in [0.1, 0.15) is 65.2 Å². The largest absolute Gasteiger partial charge is 0.569 e. The second-order valence-corrected chi connectivity index (χ2v) is 5.17. The maximum absolute atomic E-state index is 11.3. The number of nitrogens with one attached hydrogen (secondary N) is 1. The summed E-state index contributed by atoms with van der Waals surface area (Å²) in [5.74, 6) is 0. The Balaban J connectivity index is 3.53. The summed E-state index contributed by atoms with van der Waals surface area (Å²) in [4.78, 5) is 0.308. The van der Waals surface area contributed by atoms with Gasteiger partial charge in [0.1, 0.15) is 0 Å². The second kappa shape index (κ2) is 14.4. The summed E-state index contributed by atoms with van der Waals surface area (Å²) in [6.45, 7) is 7.79. The van der Waals surface area contributed by atoms with E-state index in [2.05, 4.69) is 24.4 Å². The van der Waals surface area contributed by atoms with Crippen LogP contribution in [-0.4, -0.2) is 41.4 Å². The van der Waals surface area contributed by atoms with Gasteiger partial charge in [-0.05, 0) is 38.8 Å². The highest BCUT2D eigenvalue weighted by Gasteiger charge is 2.11. The minimum atomic E-state index is 0.308. The van der Waals surface area contributed by atoms with E-state index in [-0.39, 0.29) is 0 Å². The lowest BCUT2D eigenvalue weighted by molar-refractivity contribution is -0.709. The zero-order valence-electron chi connectivity index (χ0n) is 13.2. The molecule has 0 aromatic carbocycles. The second-order valence-electron chi connectivity index (χ2n) is 5.17. The number of rotatable bonds is 14. The van der Waals surface area contributed by atoms with E-state index >= 15 is 0 Å². The molecular weight excluding hydrogens is 256 g/mol. The van der Waals surface area contributed by atoms with Crippen molar-refractivity contribution in [2.75, 3.05) is 26.2 Å². The van der Waals surface area contributed by atoms with Crippen molar-refractivity contribution in [1.82, 2.24) is 10.3 Å². The molecule has 0 rings (SSSR count). The lowest BCUT2D eigenvalue weighted by Gasteiger charge is -2.17. The van der Waals surface area contributed by atoms with Gasteiger partial charge >= 0.3 is 0 Å². The maximum atomic E-state index is 11.3. The normalized spacial score (nSPS) is 11.8. The fraction of sp³-hybridized carbons (Fsp3) is 1.00. The summed E-state index contributed by atoms with van der Waals surface area (Å²) in [5.41, 5.74) is 0. The summed E-state index contributed by atoms with van der Waals surface area (Å²) in [7, 11) is 0. The van der Waals surface area contributed by atoms with E-state index in [1.165, 1.54) is 25.7 Å². The lowest BCUT2D eigenvalue weighted by atomic mass is 10.2. The third kappa shape index (κ3) is 10.8. The third-order valence-electron chi connectivity index (χ3n) is 3.32. The highest BCUT2D eigenvalue weighted by Crippen LogP contribution is 2.04. The molecule has 0 aromatic heterocycles. The molecule has 0 heterocycles. The maximum Gasteiger partial charge on any atom is 0.230 e. The van der Waals surface area contributed by atoms with Gasteiger partial charge in [-0.3, -0.25) is 0 Å². The first kappa shape index (κ1) is 19.0. The van der Waals surface area contributed by atoms with E-state index in [4.69, 9.17) is 5.21 Å². The molecule has 120 valence electrons. The molecule has 0 radical (unpaired) electrons. The molecule has 0 saturated heterocycles. The zero-order valence-corrected chi connectivity index (χ0v) is 13.2. The molecular formula is C14H32N4O2. The number of nitrogens with zero attached hydrogens (tertiary/aromatic N) is 3. The highest BCUT2D eigenvalue weighted by molar-refractivity contribution is 4.51. The van der Waals surface area contributed by atoms with Crippen molar-refractivity contribution in [3.8, 4) is 0 Å². The summed E-state index contributed by atoms with van der Waals surface area (Å²) >= 11 is 0. The fourth-order valence-electron chi connectivity index (χ4n) is 2.00. The summed E-state index contributed by atoms with van der Waals surface area (Å²) in [6.07, 6.45) is 8.89. The molecule has 6 nitrogen and oxygen atoms in total. The Kier molecular flexibility index (Phi) is 13.6. The highest BCUT2D eigenvalue weighted by atomic mass is 16.6. The zero-order chi connectivity index (χ0) is 15.1. The standard InChI is InChI=1S/C14H32N4O2/c1-3-5-11-15-12-9-7-8-10-14-17(13-6-4-2)18(20)16-19/h15,19H,3-14H2,1-2H3/b18-16-. The SMILES string of the molecule is CCCCNCCCCCCN(CCCC)/[N+]([O-])=N/O. The first-order valence-corrected chi connectivity index (χ1v) is 8.04. The van der Waals surface area contributed by atoms with Gasteiger partial charge in [-0.25, -0.2) is 0 Å². The van der Waals surface area contributed by atoms with E-state index in [1.807, 2.05) is 0 Å². The minimum absolute atomic E-state index is 0.308. The van der Waals surface area contributed by atoms with Crippen LogP contribution >= 0.6 is 0 Å². The lowest BCUT2D eigenvalue weighted by Crippen LogP contribution is -2.32. The van der Waals surface area contributed by atoms with E-state index in [9.17, 15) is 5.21 Å². The van der Waals surface area contributed by atoms with Crippen LogP contribution in [0.3, 0.4) is 0 Å². The topological polar surface area (TPSA) is 73.9 Å². The molecule has 0 unspecified atom stereocenters. The van der Waals surface area contributed by atoms with Gasteiger partial charge in [0.05, 0.1) is 18.1 Å². The van der Waals surface area contributed by atoms with E-state index in [1.54, 1.807) is 5.01 Å². The molecule has 0 spiro atoms. The van der Waals surface area contributed by atoms with Crippen molar-refractivity contribution in [1.29, 1.82) is 0 Å². The predicted molar refractivity (Wildman–Crippen MR) is 80.6 cm³/mol. The third-order valence-corrected chi connectivity index (χ3v) is 3.32. The first-order valence-electron chi connectivity index (χ1n) is 8.04. The quantitative estimate of drug-likeness (QED) is 0.222. The van der Waals surface area contributed by atoms with Gasteiger partial charge in [-0.15, -0.1) is 5.01 Å². The van der Waals surface area contributed by atoms with Crippen LogP contribution in [0.4, 0.5) is 0 Å². The molecule has 0 aromatic rings. The molecule has 0 atom stereocenters. The van der Waals surface area contributed by atoms with Crippen LogP contribution in [0.2, 0.25) is 0 Å². The Morgan fingerprint density at radius 2 is 1.55 bits per heavy atom. The molecule has 0 aliphatic carbocycles. The van der Waals surface area contributed by atoms with E-state index < -0.39 is 0 Å². The molecule has 6 heteroatoms. The van der Waals surface area contributed by atoms with Crippen LogP contribution in [0.15, 0.2) is 5.28 Å². The molecule has 0 fully saturated rings. The predicted octanol–water partition coefficient (Wildman–Crippen LogP) is 3.31. The van der Waals surface area contributed by atoms with Crippen molar-refractivity contribution < 1.29 is 10.2 Å². The van der Waals surface area contributed by atoms with Crippen molar-refractivity contribution in [3.05, 3.63) is 5.21 Å². The van der Waals surface area contributed by atoms with Gasteiger partial charge in [0.2, 0.25) is 5.28 Å².